The molecule has 1 aliphatic heterocycles. The lowest BCUT2D eigenvalue weighted by Crippen LogP contribution is -2.42. The van der Waals surface area contributed by atoms with Gasteiger partial charge in [0.25, 0.3) is 17.5 Å². The van der Waals surface area contributed by atoms with E-state index in [2.05, 4.69) is 10.0 Å². The third kappa shape index (κ3) is 4.21. The van der Waals surface area contributed by atoms with Crippen molar-refractivity contribution in [1.29, 1.82) is 0 Å². The van der Waals surface area contributed by atoms with Crippen LogP contribution in [0.15, 0.2) is 18.2 Å². The number of non-ortho nitro benzene ring substituents is 1. The van der Waals surface area contributed by atoms with Crippen molar-refractivity contribution in [3.05, 3.63) is 39.4 Å². The van der Waals surface area contributed by atoms with Crippen LogP contribution in [0.5, 0.6) is 0 Å². The number of carbonyl (C=O) groups is 3. The summed E-state index contributed by atoms with van der Waals surface area (Å²) in [6, 6.07) is 3.27. The molecule has 0 unspecified atom stereocenters. The molecule has 0 saturated heterocycles. The van der Waals surface area contributed by atoms with E-state index in [-0.39, 0.29) is 35.7 Å². The summed E-state index contributed by atoms with van der Waals surface area (Å²) in [5, 5.41) is 13.2. The zero-order chi connectivity index (χ0) is 19.5. The van der Waals surface area contributed by atoms with Crippen LogP contribution >= 0.6 is 0 Å². The lowest BCUT2D eigenvalue weighted by Gasteiger charge is -2.13. The van der Waals surface area contributed by atoms with Crippen LogP contribution in [-0.2, 0) is 14.8 Å². The van der Waals surface area contributed by atoms with Crippen molar-refractivity contribution in [3.8, 4) is 0 Å². The smallest absolute Gasteiger partial charge is 0.270 e. The number of sulfonamides is 1. The Morgan fingerprint density at radius 3 is 2.46 bits per heavy atom. The predicted octanol–water partition coefficient (Wildman–Crippen LogP) is -0.754. The molecule has 0 bridgehead atoms. The molecule has 1 aromatic carbocycles. The van der Waals surface area contributed by atoms with E-state index in [9.17, 15) is 32.9 Å². The van der Waals surface area contributed by atoms with Crippen LogP contribution in [0.2, 0.25) is 0 Å². The van der Waals surface area contributed by atoms with E-state index in [4.69, 9.17) is 0 Å². The predicted molar refractivity (Wildman–Crippen MR) is 88.9 cm³/mol. The molecular weight excluding hydrogens is 368 g/mol. The fourth-order valence-electron chi connectivity index (χ4n) is 2.25. The molecule has 2 rings (SSSR count). The first-order chi connectivity index (χ1) is 12.2. The first-order valence-electron chi connectivity index (χ1n) is 7.55. The maximum Gasteiger partial charge on any atom is 0.270 e. The van der Waals surface area contributed by atoms with Crippen LogP contribution in [0, 0.1) is 10.1 Å². The summed E-state index contributed by atoms with van der Waals surface area (Å²) in [7, 11) is -3.38. The van der Waals surface area contributed by atoms with E-state index in [1.165, 1.54) is 13.0 Å². The van der Waals surface area contributed by atoms with Gasteiger partial charge in [0, 0.05) is 25.2 Å². The number of amides is 3. The van der Waals surface area contributed by atoms with Crippen molar-refractivity contribution in [2.45, 2.75) is 6.92 Å². The molecule has 140 valence electrons. The van der Waals surface area contributed by atoms with Gasteiger partial charge in [-0.25, -0.2) is 13.1 Å². The molecule has 0 atom stereocenters. The second kappa shape index (κ2) is 7.58. The molecule has 1 aliphatic rings. The van der Waals surface area contributed by atoms with Gasteiger partial charge in [0.2, 0.25) is 15.9 Å². The largest absolute Gasteiger partial charge is 0.353 e. The fraction of sp³-hybridized carbons (Fsp3) is 0.357. The summed E-state index contributed by atoms with van der Waals surface area (Å²) in [6.45, 7) is 0.844. The number of nitrogens with one attached hydrogen (secondary N) is 2. The Labute approximate surface area is 148 Å². The number of nitrogens with zero attached hydrogens (tertiary/aromatic N) is 2. The van der Waals surface area contributed by atoms with E-state index in [0.29, 0.717) is 4.90 Å². The number of imide groups is 1. The summed E-state index contributed by atoms with van der Waals surface area (Å²) < 4.78 is 24.7. The van der Waals surface area contributed by atoms with Gasteiger partial charge < -0.3 is 5.32 Å². The average Bonchev–Trinajstić information content (AvgIpc) is 2.83. The minimum atomic E-state index is -3.38. The average molecular weight is 384 g/mol. The second-order valence-electron chi connectivity index (χ2n) is 5.33. The lowest BCUT2D eigenvalue weighted by molar-refractivity contribution is -0.384. The number of fused-ring (bicyclic) bond motifs is 1. The van der Waals surface area contributed by atoms with Gasteiger partial charge in [-0.1, -0.05) is 0 Å². The molecule has 3 amide bonds. The van der Waals surface area contributed by atoms with Gasteiger partial charge in [0.05, 0.1) is 21.8 Å². The number of carbonyl (C=O) groups excluding carboxylic acids is 3. The Kier molecular flexibility index (Phi) is 5.67. The maximum atomic E-state index is 12.2. The summed E-state index contributed by atoms with van der Waals surface area (Å²) in [5.41, 5.74) is -0.476. The molecular formula is C14H16N4O7S. The Bertz CT molecular complexity index is 881. The monoisotopic (exact) mass is 384 g/mol. The van der Waals surface area contributed by atoms with Gasteiger partial charge in [0.15, 0.2) is 0 Å². The Balaban J connectivity index is 1.96. The van der Waals surface area contributed by atoms with Crippen molar-refractivity contribution in [2.24, 2.45) is 0 Å². The molecule has 1 heterocycles. The molecule has 0 saturated carbocycles. The zero-order valence-corrected chi connectivity index (χ0v) is 14.5. The van der Waals surface area contributed by atoms with E-state index >= 15 is 0 Å². The first-order valence-corrected chi connectivity index (χ1v) is 9.20. The Morgan fingerprint density at radius 1 is 1.19 bits per heavy atom. The van der Waals surface area contributed by atoms with Crippen LogP contribution in [0.1, 0.15) is 27.6 Å². The Morgan fingerprint density at radius 2 is 1.85 bits per heavy atom. The molecule has 0 fully saturated rings. The normalized spacial score (nSPS) is 13.7. The topological polar surface area (TPSA) is 156 Å². The summed E-state index contributed by atoms with van der Waals surface area (Å²) in [5.74, 6) is -2.27. The molecule has 1 aromatic rings. The molecule has 0 aliphatic carbocycles. The minimum absolute atomic E-state index is 0.0101. The van der Waals surface area contributed by atoms with Crippen LogP contribution in [0.4, 0.5) is 5.69 Å². The van der Waals surface area contributed by atoms with Crippen molar-refractivity contribution >= 4 is 33.4 Å². The summed E-state index contributed by atoms with van der Waals surface area (Å²) in [4.78, 5) is 47.0. The van der Waals surface area contributed by atoms with Crippen LogP contribution in [0.25, 0.3) is 0 Å². The van der Waals surface area contributed by atoms with Crippen LogP contribution in [-0.4, -0.2) is 61.3 Å². The number of hydrogen-bond donors (Lipinski definition) is 2. The van der Waals surface area contributed by atoms with Crippen molar-refractivity contribution in [2.75, 3.05) is 25.4 Å². The molecule has 0 spiro atoms. The second-order valence-corrected chi connectivity index (χ2v) is 7.43. The highest BCUT2D eigenvalue weighted by molar-refractivity contribution is 7.89. The molecule has 2 N–H and O–H groups in total. The van der Waals surface area contributed by atoms with Gasteiger partial charge in [0.1, 0.15) is 6.54 Å². The van der Waals surface area contributed by atoms with E-state index in [1.807, 2.05) is 0 Å². The van der Waals surface area contributed by atoms with Crippen molar-refractivity contribution in [3.63, 3.8) is 0 Å². The highest BCUT2D eigenvalue weighted by Crippen LogP contribution is 2.26. The highest BCUT2D eigenvalue weighted by Gasteiger charge is 2.37. The molecule has 0 aromatic heterocycles. The number of rotatable bonds is 8. The van der Waals surface area contributed by atoms with Crippen molar-refractivity contribution in [1.82, 2.24) is 14.9 Å². The fourth-order valence-corrected chi connectivity index (χ4v) is 2.86. The number of nitro groups is 1. The maximum absolute atomic E-state index is 12.2. The first kappa shape index (κ1) is 19.5. The van der Waals surface area contributed by atoms with Crippen LogP contribution < -0.4 is 10.0 Å². The van der Waals surface area contributed by atoms with Gasteiger partial charge in [-0.15, -0.1) is 0 Å². The number of nitro benzene ring substituents is 1. The SMILES string of the molecule is CCS(=O)(=O)NCCNC(=O)CN1C(=O)c2ccc([N+](=O)[O-])cc2C1=O. The van der Waals surface area contributed by atoms with Gasteiger partial charge >= 0.3 is 0 Å². The third-order valence-corrected chi connectivity index (χ3v) is 5.02. The summed E-state index contributed by atoms with van der Waals surface area (Å²) >= 11 is 0. The quantitative estimate of drug-likeness (QED) is 0.258. The van der Waals surface area contributed by atoms with E-state index in [1.54, 1.807) is 0 Å². The summed E-state index contributed by atoms with van der Waals surface area (Å²) in [6.07, 6.45) is 0. The standard InChI is InChI=1S/C14H16N4O7S/c1-2-26(24,25)16-6-5-15-12(19)8-17-13(20)10-4-3-9(18(22)23)7-11(10)14(17)21/h3-4,7,16H,2,5-6,8H2,1H3,(H,15,19). The third-order valence-electron chi connectivity index (χ3n) is 3.62. The Hall–Kier alpha value is -2.86. The minimum Gasteiger partial charge on any atom is -0.353 e. The molecule has 0 radical (unpaired) electrons. The highest BCUT2D eigenvalue weighted by atomic mass is 32.2. The molecule has 26 heavy (non-hydrogen) atoms. The van der Waals surface area contributed by atoms with E-state index < -0.39 is 39.2 Å². The molecule has 11 nitrogen and oxygen atoms in total. The molecule has 12 heteroatoms. The van der Waals surface area contributed by atoms with Gasteiger partial charge in [-0.3, -0.25) is 29.4 Å². The zero-order valence-electron chi connectivity index (χ0n) is 13.7. The number of benzene rings is 1. The van der Waals surface area contributed by atoms with Crippen LogP contribution in [0.3, 0.4) is 0 Å². The van der Waals surface area contributed by atoms with Gasteiger partial charge in [-0.2, -0.15) is 0 Å². The lowest BCUT2D eigenvalue weighted by atomic mass is 10.1. The van der Waals surface area contributed by atoms with Crippen molar-refractivity contribution < 1.29 is 27.7 Å². The van der Waals surface area contributed by atoms with E-state index in [0.717, 1.165) is 12.1 Å². The number of hydrogen-bond acceptors (Lipinski definition) is 7. The van der Waals surface area contributed by atoms with Gasteiger partial charge in [-0.05, 0) is 13.0 Å².